The Morgan fingerprint density at radius 2 is 2.12 bits per heavy atom. The van der Waals surface area contributed by atoms with Crippen molar-refractivity contribution in [2.45, 2.75) is 12.7 Å². The van der Waals surface area contributed by atoms with E-state index in [1.54, 1.807) is 0 Å². The Bertz CT molecular complexity index is 407. The number of ether oxygens (including phenoxy) is 1. The van der Waals surface area contributed by atoms with Crippen molar-refractivity contribution >= 4 is 5.97 Å². The molecule has 1 aromatic rings. The molecule has 0 saturated heterocycles. The third-order valence-corrected chi connectivity index (χ3v) is 2.05. The first kappa shape index (κ1) is 13.0. The maximum absolute atomic E-state index is 12.6. The van der Waals surface area contributed by atoms with E-state index < -0.39 is 22.9 Å². The van der Waals surface area contributed by atoms with Crippen molar-refractivity contribution in [1.82, 2.24) is 5.32 Å². The van der Waals surface area contributed by atoms with Crippen LogP contribution in [0.1, 0.15) is 5.56 Å². The minimum atomic E-state index is -1.62. The van der Waals surface area contributed by atoms with Gasteiger partial charge in [0.05, 0.1) is 12.0 Å². The van der Waals surface area contributed by atoms with Crippen LogP contribution in [0.25, 0.3) is 0 Å². The molecule has 0 heterocycles. The number of hydrogen-bond acceptors (Lipinski definition) is 5. The first-order valence-electron chi connectivity index (χ1n) is 4.73. The summed E-state index contributed by atoms with van der Waals surface area (Å²) in [5.41, 5.74) is 0.627. The molecule has 0 aromatic heterocycles. The molecule has 17 heavy (non-hydrogen) atoms. The van der Waals surface area contributed by atoms with Crippen LogP contribution in [0.4, 0.5) is 4.39 Å². The van der Waals surface area contributed by atoms with Crippen LogP contribution in [0, 0.1) is 15.9 Å². The molecule has 6 nitrogen and oxygen atoms in total. The molecular formula is C10H11FN2O4. The summed E-state index contributed by atoms with van der Waals surface area (Å²) in [7, 11) is 1.07. The number of halogens is 1. The summed E-state index contributed by atoms with van der Waals surface area (Å²) < 4.78 is 16.9. The van der Waals surface area contributed by atoms with E-state index in [1.165, 1.54) is 24.3 Å². The first-order valence-corrected chi connectivity index (χ1v) is 4.73. The number of hydrogen-bond donors (Lipinski definition) is 1. The number of esters is 1. The summed E-state index contributed by atoms with van der Waals surface area (Å²) in [5, 5.41) is 13.0. The molecule has 0 aliphatic heterocycles. The highest BCUT2D eigenvalue weighted by Gasteiger charge is 2.29. The van der Waals surface area contributed by atoms with Gasteiger partial charge in [-0.25, -0.2) is 14.5 Å². The second-order valence-electron chi connectivity index (χ2n) is 3.22. The fraction of sp³-hybridized carbons (Fsp3) is 0.300. The smallest absolute Gasteiger partial charge is 0.397 e. The average molecular weight is 242 g/mol. The molecule has 1 rings (SSSR count). The molecule has 1 atom stereocenters. The molecule has 0 spiro atoms. The van der Waals surface area contributed by atoms with Gasteiger partial charge in [0.15, 0.2) is 0 Å². The van der Waals surface area contributed by atoms with Gasteiger partial charge < -0.3 is 4.74 Å². The van der Waals surface area contributed by atoms with Crippen LogP contribution in [0.2, 0.25) is 0 Å². The van der Waals surface area contributed by atoms with Crippen molar-refractivity contribution in [3.8, 4) is 0 Å². The molecule has 1 aromatic carbocycles. The van der Waals surface area contributed by atoms with Crippen molar-refractivity contribution in [1.29, 1.82) is 0 Å². The van der Waals surface area contributed by atoms with Gasteiger partial charge in [-0.15, -0.1) is 0 Å². The number of nitrogens with one attached hydrogen (secondary N) is 1. The number of nitro groups is 1. The van der Waals surface area contributed by atoms with Crippen molar-refractivity contribution in [3.63, 3.8) is 0 Å². The lowest BCUT2D eigenvalue weighted by Gasteiger charge is -2.09. The van der Waals surface area contributed by atoms with Crippen molar-refractivity contribution in [2.24, 2.45) is 0 Å². The number of benzene rings is 1. The standard InChI is InChI=1S/C10H11FN2O4/c1-17-10(14)9(13(15)16)12-6-7-2-4-8(11)5-3-7/h2-5,9,12H,6H2,1H3. The SMILES string of the molecule is COC(=O)C(NCc1ccc(F)cc1)[N+](=O)[O-]. The second-order valence-corrected chi connectivity index (χ2v) is 3.22. The normalized spacial score (nSPS) is 11.9. The number of carbonyl (C=O) groups is 1. The fourth-order valence-corrected chi connectivity index (χ4v) is 1.17. The van der Waals surface area contributed by atoms with Gasteiger partial charge in [-0.05, 0) is 17.7 Å². The Morgan fingerprint density at radius 3 is 2.59 bits per heavy atom. The Labute approximate surface area is 96.5 Å². The number of rotatable bonds is 5. The molecule has 92 valence electrons. The summed E-state index contributed by atoms with van der Waals surface area (Å²) in [6, 6.07) is 5.40. The Morgan fingerprint density at radius 1 is 1.53 bits per heavy atom. The van der Waals surface area contributed by atoms with E-state index in [4.69, 9.17) is 0 Å². The molecule has 0 radical (unpaired) electrons. The highest BCUT2D eigenvalue weighted by atomic mass is 19.1. The van der Waals surface area contributed by atoms with Gasteiger partial charge in [0, 0.05) is 6.54 Å². The summed E-state index contributed by atoms with van der Waals surface area (Å²) in [5.74, 6) is -1.37. The zero-order valence-corrected chi connectivity index (χ0v) is 9.05. The maximum Gasteiger partial charge on any atom is 0.397 e. The quantitative estimate of drug-likeness (QED) is 0.355. The van der Waals surface area contributed by atoms with Crippen LogP contribution in [-0.4, -0.2) is 24.2 Å². The average Bonchev–Trinajstić information content (AvgIpc) is 2.31. The largest absolute Gasteiger partial charge is 0.463 e. The minimum absolute atomic E-state index is 0.0705. The minimum Gasteiger partial charge on any atom is -0.463 e. The van der Waals surface area contributed by atoms with Crippen LogP contribution >= 0.6 is 0 Å². The topological polar surface area (TPSA) is 81.5 Å². The predicted molar refractivity (Wildman–Crippen MR) is 56.0 cm³/mol. The van der Waals surface area contributed by atoms with Gasteiger partial charge in [-0.1, -0.05) is 12.1 Å². The molecule has 1 unspecified atom stereocenters. The lowest BCUT2D eigenvalue weighted by Crippen LogP contribution is -2.43. The van der Waals surface area contributed by atoms with Gasteiger partial charge in [-0.2, -0.15) is 0 Å². The van der Waals surface area contributed by atoms with Gasteiger partial charge in [0.1, 0.15) is 5.82 Å². The lowest BCUT2D eigenvalue weighted by atomic mass is 10.2. The highest BCUT2D eigenvalue weighted by molar-refractivity contribution is 5.73. The van der Waals surface area contributed by atoms with Crippen molar-refractivity contribution in [3.05, 3.63) is 45.8 Å². The summed E-state index contributed by atoms with van der Waals surface area (Å²) in [6.07, 6.45) is -1.62. The Balaban J connectivity index is 2.61. The van der Waals surface area contributed by atoms with E-state index in [9.17, 15) is 19.3 Å². The van der Waals surface area contributed by atoms with E-state index in [0.29, 0.717) is 5.56 Å². The fourth-order valence-electron chi connectivity index (χ4n) is 1.17. The van der Waals surface area contributed by atoms with Gasteiger partial charge in [0.2, 0.25) is 0 Å². The number of carbonyl (C=O) groups excluding carboxylic acids is 1. The molecule has 0 aliphatic rings. The summed E-state index contributed by atoms with van der Waals surface area (Å²) in [6.45, 7) is 0.0705. The van der Waals surface area contributed by atoms with Crippen molar-refractivity contribution in [2.75, 3.05) is 7.11 Å². The zero-order chi connectivity index (χ0) is 12.8. The van der Waals surface area contributed by atoms with E-state index >= 15 is 0 Å². The predicted octanol–water partition coefficient (Wildman–Crippen LogP) is 0.691. The molecule has 0 fully saturated rings. The monoisotopic (exact) mass is 242 g/mol. The molecule has 0 amide bonds. The molecule has 0 saturated carbocycles. The third-order valence-electron chi connectivity index (χ3n) is 2.05. The first-order chi connectivity index (χ1) is 8.04. The molecule has 1 N–H and O–H groups in total. The number of methoxy groups -OCH3 is 1. The third kappa shape index (κ3) is 3.80. The molecule has 0 bridgehead atoms. The van der Waals surface area contributed by atoms with Crippen LogP contribution in [0.3, 0.4) is 0 Å². The van der Waals surface area contributed by atoms with E-state index in [-0.39, 0.29) is 6.54 Å². The van der Waals surface area contributed by atoms with E-state index in [2.05, 4.69) is 10.1 Å². The summed E-state index contributed by atoms with van der Waals surface area (Å²) in [4.78, 5) is 20.8. The van der Waals surface area contributed by atoms with Crippen LogP contribution in [-0.2, 0) is 16.1 Å². The van der Waals surface area contributed by atoms with Crippen LogP contribution in [0.5, 0.6) is 0 Å². The zero-order valence-electron chi connectivity index (χ0n) is 9.05. The van der Waals surface area contributed by atoms with Crippen LogP contribution < -0.4 is 5.32 Å². The van der Waals surface area contributed by atoms with Gasteiger partial charge >= 0.3 is 12.1 Å². The molecule has 0 aliphatic carbocycles. The molecular weight excluding hydrogens is 231 g/mol. The number of nitrogens with zero attached hydrogens (tertiary/aromatic N) is 1. The highest BCUT2D eigenvalue weighted by Crippen LogP contribution is 2.03. The van der Waals surface area contributed by atoms with Crippen molar-refractivity contribution < 1.29 is 18.8 Å². The van der Waals surface area contributed by atoms with E-state index in [1.807, 2.05) is 0 Å². The Kier molecular flexibility index (Phi) is 4.53. The second kappa shape index (κ2) is 5.90. The molecule has 7 heteroatoms. The van der Waals surface area contributed by atoms with Gasteiger partial charge in [0.25, 0.3) is 0 Å². The maximum atomic E-state index is 12.6. The van der Waals surface area contributed by atoms with Gasteiger partial charge in [-0.3, -0.25) is 10.1 Å². The lowest BCUT2D eigenvalue weighted by molar-refractivity contribution is -0.517. The van der Waals surface area contributed by atoms with E-state index in [0.717, 1.165) is 7.11 Å². The Hall–Kier alpha value is -2.02. The van der Waals surface area contributed by atoms with Crippen LogP contribution in [0.15, 0.2) is 24.3 Å². The summed E-state index contributed by atoms with van der Waals surface area (Å²) >= 11 is 0.